The van der Waals surface area contributed by atoms with Crippen molar-refractivity contribution in [2.75, 3.05) is 22.1 Å². The maximum Gasteiger partial charge on any atom is 0.324 e. The molecule has 7 heteroatoms. The van der Waals surface area contributed by atoms with Gasteiger partial charge in [0.2, 0.25) is 0 Å². The Balaban J connectivity index is 1.33. The van der Waals surface area contributed by atoms with Gasteiger partial charge in [-0.1, -0.05) is 80.0 Å². The largest absolute Gasteiger partial charge is 0.616 e. The fraction of sp³-hybridized carbons (Fsp3) is 0.375. The van der Waals surface area contributed by atoms with Crippen LogP contribution >= 0.6 is 0 Å². The lowest BCUT2D eigenvalue weighted by molar-refractivity contribution is 0.262. The molecule has 0 radical (unpaired) electrons. The number of fused-ring (bicyclic) bond motifs is 1. The highest BCUT2D eigenvalue weighted by molar-refractivity contribution is 7.91. The van der Waals surface area contributed by atoms with E-state index in [1.165, 1.54) is 11.1 Å². The van der Waals surface area contributed by atoms with E-state index in [-0.39, 0.29) is 11.4 Å². The van der Waals surface area contributed by atoms with Crippen LogP contribution in [-0.2, 0) is 23.0 Å². The van der Waals surface area contributed by atoms with Crippen LogP contribution in [0.1, 0.15) is 56.9 Å². The molecular weight excluding hydrogens is 504 g/mol. The van der Waals surface area contributed by atoms with Crippen LogP contribution in [0.5, 0.6) is 0 Å². The van der Waals surface area contributed by atoms with E-state index in [4.69, 9.17) is 5.10 Å². The fourth-order valence-corrected chi connectivity index (χ4v) is 6.84. The maximum absolute atomic E-state index is 13.3. The Morgan fingerprint density at radius 1 is 1.05 bits per heavy atom. The molecule has 5 rings (SSSR count). The number of amides is 2. The van der Waals surface area contributed by atoms with Crippen LogP contribution in [0.4, 0.5) is 16.3 Å². The van der Waals surface area contributed by atoms with Gasteiger partial charge in [0.05, 0.1) is 17.1 Å². The van der Waals surface area contributed by atoms with Crippen molar-refractivity contribution >= 4 is 39.5 Å². The predicted octanol–water partition coefficient (Wildman–Crippen LogP) is 7.37. The van der Waals surface area contributed by atoms with Crippen molar-refractivity contribution in [1.82, 2.24) is 9.78 Å². The van der Waals surface area contributed by atoms with E-state index in [2.05, 4.69) is 56.5 Å². The van der Waals surface area contributed by atoms with Crippen molar-refractivity contribution in [2.24, 2.45) is 5.92 Å². The molecule has 1 aromatic heterocycles. The molecule has 3 aromatic carbocycles. The Bertz CT molecular complexity index is 1460. The van der Waals surface area contributed by atoms with E-state index >= 15 is 0 Å². The van der Waals surface area contributed by atoms with Crippen LogP contribution in [0.2, 0.25) is 0 Å². The highest BCUT2D eigenvalue weighted by Crippen LogP contribution is 2.30. The highest BCUT2D eigenvalue weighted by Gasteiger charge is 2.25. The van der Waals surface area contributed by atoms with Gasteiger partial charge in [-0.15, -0.1) is 0 Å². The SMILES string of the molecule is Cc1ccc(-n2nc(C(C)(C)C)cc2NC(=O)Nc2ccc(CCCC3CC[S+]([O-])C3)c3ccccc23)cc1. The van der Waals surface area contributed by atoms with E-state index in [1.54, 1.807) is 4.68 Å². The van der Waals surface area contributed by atoms with Crippen LogP contribution in [0.25, 0.3) is 16.5 Å². The molecule has 2 atom stereocenters. The van der Waals surface area contributed by atoms with Crippen molar-refractivity contribution in [2.45, 2.75) is 58.8 Å². The molecule has 0 aliphatic carbocycles. The standard InChI is InChI=1S/C32H38N4O2S/c1-22-12-15-25(16-13-22)36-30(20-29(35-36)32(2,3)4)34-31(37)33-28-17-14-24(26-10-5-6-11-27(26)28)9-7-8-23-18-19-39(38)21-23/h5-6,10-17,20,23H,7-9,18-19,21H2,1-4H3,(H2,33,34,37). The number of benzene rings is 3. The van der Waals surface area contributed by atoms with Gasteiger partial charge in [0.1, 0.15) is 17.3 Å². The van der Waals surface area contributed by atoms with Gasteiger partial charge in [0, 0.05) is 22.8 Å². The number of nitrogens with zero attached hydrogens (tertiary/aromatic N) is 2. The van der Waals surface area contributed by atoms with E-state index in [0.717, 1.165) is 65.0 Å². The zero-order chi connectivity index (χ0) is 27.6. The van der Waals surface area contributed by atoms with Gasteiger partial charge in [-0.05, 0) is 61.8 Å². The van der Waals surface area contributed by atoms with Gasteiger partial charge in [0.15, 0.2) is 0 Å². The average Bonchev–Trinajstić information content (AvgIpc) is 3.52. The monoisotopic (exact) mass is 542 g/mol. The number of carbonyl (C=O) groups excluding carboxylic acids is 1. The van der Waals surface area contributed by atoms with Crippen molar-refractivity contribution in [1.29, 1.82) is 0 Å². The van der Waals surface area contributed by atoms with Gasteiger partial charge < -0.3 is 9.87 Å². The van der Waals surface area contributed by atoms with Crippen LogP contribution in [0, 0.1) is 12.8 Å². The Morgan fingerprint density at radius 3 is 2.49 bits per heavy atom. The quantitative estimate of drug-likeness (QED) is 0.239. The first kappa shape index (κ1) is 27.3. The molecule has 204 valence electrons. The Morgan fingerprint density at radius 2 is 1.79 bits per heavy atom. The number of anilines is 2. The topological polar surface area (TPSA) is 82.0 Å². The number of hydrogen-bond donors (Lipinski definition) is 2. The number of aryl methyl sites for hydroxylation is 2. The third-order valence-electron chi connectivity index (χ3n) is 7.49. The van der Waals surface area contributed by atoms with E-state index in [1.807, 2.05) is 48.5 Å². The second-order valence-corrected chi connectivity index (χ2v) is 13.3. The zero-order valence-corrected chi connectivity index (χ0v) is 24.1. The Labute approximate surface area is 234 Å². The van der Waals surface area contributed by atoms with Crippen molar-refractivity contribution in [3.8, 4) is 5.69 Å². The molecule has 2 heterocycles. The summed E-state index contributed by atoms with van der Waals surface area (Å²) in [7, 11) is 0. The average molecular weight is 543 g/mol. The number of aromatic nitrogens is 2. The molecule has 2 N–H and O–H groups in total. The number of hydrogen-bond acceptors (Lipinski definition) is 3. The van der Waals surface area contributed by atoms with E-state index in [9.17, 15) is 9.35 Å². The summed E-state index contributed by atoms with van der Waals surface area (Å²) >= 11 is -0.615. The summed E-state index contributed by atoms with van der Waals surface area (Å²) < 4.78 is 13.5. The van der Waals surface area contributed by atoms with Crippen molar-refractivity contribution < 1.29 is 9.35 Å². The summed E-state index contributed by atoms with van der Waals surface area (Å²) in [4.78, 5) is 13.3. The molecule has 4 aromatic rings. The third kappa shape index (κ3) is 6.48. The molecule has 1 fully saturated rings. The van der Waals surface area contributed by atoms with Crippen LogP contribution in [0.3, 0.4) is 0 Å². The van der Waals surface area contributed by atoms with E-state index in [0.29, 0.717) is 11.7 Å². The molecule has 6 nitrogen and oxygen atoms in total. The molecule has 2 amide bonds. The molecule has 0 spiro atoms. The lowest BCUT2D eigenvalue weighted by atomic mass is 9.92. The van der Waals surface area contributed by atoms with Crippen LogP contribution in [0.15, 0.2) is 66.7 Å². The second kappa shape index (κ2) is 11.4. The van der Waals surface area contributed by atoms with Crippen LogP contribution in [-0.4, -0.2) is 31.9 Å². The lowest BCUT2D eigenvalue weighted by Gasteiger charge is -2.14. The maximum atomic E-state index is 13.3. The molecular formula is C32H38N4O2S. The van der Waals surface area contributed by atoms with E-state index < -0.39 is 11.2 Å². The number of nitrogens with one attached hydrogen (secondary N) is 2. The summed E-state index contributed by atoms with van der Waals surface area (Å²) in [6.07, 6.45) is 4.26. The number of carbonyl (C=O) groups is 1. The number of urea groups is 1. The minimum Gasteiger partial charge on any atom is -0.616 e. The Hall–Kier alpha value is -3.29. The number of rotatable bonds is 7. The minimum atomic E-state index is -0.615. The minimum absolute atomic E-state index is 0.163. The normalized spacial score (nSPS) is 17.5. The van der Waals surface area contributed by atoms with Crippen molar-refractivity contribution in [3.63, 3.8) is 0 Å². The van der Waals surface area contributed by atoms with Gasteiger partial charge in [-0.25, -0.2) is 9.48 Å². The third-order valence-corrected chi connectivity index (χ3v) is 9.03. The molecule has 1 aliphatic rings. The predicted molar refractivity (Wildman–Crippen MR) is 163 cm³/mol. The fourth-order valence-electron chi connectivity index (χ4n) is 5.21. The van der Waals surface area contributed by atoms with Gasteiger partial charge in [-0.2, -0.15) is 5.10 Å². The lowest BCUT2D eigenvalue weighted by Crippen LogP contribution is -2.21. The van der Waals surface area contributed by atoms with Crippen molar-refractivity contribution in [3.05, 3.63) is 83.6 Å². The smallest absolute Gasteiger partial charge is 0.324 e. The molecule has 0 bridgehead atoms. The summed E-state index contributed by atoms with van der Waals surface area (Å²) in [6.45, 7) is 8.39. The summed E-state index contributed by atoms with van der Waals surface area (Å²) in [5.41, 5.74) is 4.85. The molecule has 0 saturated carbocycles. The summed E-state index contributed by atoms with van der Waals surface area (Å²) in [5, 5.41) is 13.1. The molecule has 2 unspecified atom stereocenters. The molecule has 39 heavy (non-hydrogen) atoms. The first-order valence-electron chi connectivity index (χ1n) is 13.8. The van der Waals surface area contributed by atoms with Gasteiger partial charge in [-0.3, -0.25) is 5.32 Å². The van der Waals surface area contributed by atoms with Crippen LogP contribution < -0.4 is 10.6 Å². The summed E-state index contributed by atoms with van der Waals surface area (Å²) in [5.74, 6) is 2.93. The summed E-state index contributed by atoms with van der Waals surface area (Å²) in [6, 6.07) is 22.1. The highest BCUT2D eigenvalue weighted by atomic mass is 32.2. The molecule has 1 aliphatic heterocycles. The zero-order valence-electron chi connectivity index (χ0n) is 23.3. The second-order valence-electron chi connectivity index (χ2n) is 11.7. The first-order valence-corrected chi connectivity index (χ1v) is 15.3. The first-order chi connectivity index (χ1) is 18.7. The van der Waals surface area contributed by atoms with Gasteiger partial charge in [0.25, 0.3) is 0 Å². The molecule has 1 saturated heterocycles. The van der Waals surface area contributed by atoms with Gasteiger partial charge >= 0.3 is 6.03 Å². The Kier molecular flexibility index (Phi) is 8.01.